The number of furan rings is 1. The lowest BCUT2D eigenvalue weighted by atomic mass is 9.97. The molecule has 0 saturated carbocycles. The van der Waals surface area contributed by atoms with E-state index in [1.54, 1.807) is 6.26 Å². The predicted molar refractivity (Wildman–Crippen MR) is 72.1 cm³/mol. The number of ketones is 1. The van der Waals surface area contributed by atoms with E-state index in [-0.39, 0.29) is 5.78 Å². The summed E-state index contributed by atoms with van der Waals surface area (Å²) in [6.07, 6.45) is 3.50. The minimum Gasteiger partial charge on any atom is -0.461 e. The zero-order valence-corrected chi connectivity index (χ0v) is 11.1. The molecule has 0 unspecified atom stereocenters. The van der Waals surface area contributed by atoms with Crippen molar-refractivity contribution in [3.63, 3.8) is 0 Å². The molecular formula is C16H18O2. The molecule has 0 saturated heterocycles. The average molecular weight is 242 g/mol. The van der Waals surface area contributed by atoms with E-state index in [0.29, 0.717) is 11.3 Å². The van der Waals surface area contributed by atoms with Crippen molar-refractivity contribution in [2.75, 3.05) is 0 Å². The molecule has 0 aliphatic carbocycles. The minimum atomic E-state index is -0.0325. The second-order valence-corrected chi connectivity index (χ2v) is 4.45. The summed E-state index contributed by atoms with van der Waals surface area (Å²) in [6.45, 7) is 6.13. The average Bonchev–Trinajstić information content (AvgIpc) is 2.83. The molecule has 0 fully saturated rings. The van der Waals surface area contributed by atoms with E-state index in [9.17, 15) is 4.79 Å². The lowest BCUT2D eigenvalue weighted by Crippen LogP contribution is -2.03. The van der Waals surface area contributed by atoms with Crippen molar-refractivity contribution in [3.05, 3.63) is 58.5 Å². The van der Waals surface area contributed by atoms with E-state index >= 15 is 0 Å². The molecule has 2 nitrogen and oxygen atoms in total. The fourth-order valence-corrected chi connectivity index (χ4v) is 2.18. The molecule has 2 heteroatoms. The van der Waals surface area contributed by atoms with Crippen molar-refractivity contribution in [1.29, 1.82) is 0 Å². The number of rotatable bonds is 4. The predicted octanol–water partition coefficient (Wildman–Crippen LogP) is 3.94. The first-order valence-electron chi connectivity index (χ1n) is 6.38. The van der Waals surface area contributed by atoms with Crippen LogP contribution in [0, 0.1) is 6.92 Å². The van der Waals surface area contributed by atoms with Crippen molar-refractivity contribution in [2.24, 2.45) is 0 Å². The van der Waals surface area contributed by atoms with Gasteiger partial charge in [0.15, 0.2) is 5.76 Å². The summed E-state index contributed by atoms with van der Waals surface area (Å²) in [5.41, 5.74) is 4.15. The molecule has 0 bridgehead atoms. The molecular weight excluding hydrogens is 224 g/mol. The van der Waals surface area contributed by atoms with E-state index in [0.717, 1.165) is 18.4 Å². The monoisotopic (exact) mass is 242 g/mol. The summed E-state index contributed by atoms with van der Waals surface area (Å²) < 4.78 is 5.26. The maximum Gasteiger partial charge on any atom is 0.228 e. The Kier molecular flexibility index (Phi) is 3.66. The maximum absolute atomic E-state index is 12.3. The van der Waals surface area contributed by atoms with Crippen LogP contribution in [0.4, 0.5) is 0 Å². The largest absolute Gasteiger partial charge is 0.461 e. The number of benzene rings is 1. The van der Waals surface area contributed by atoms with E-state index in [1.165, 1.54) is 11.1 Å². The molecule has 1 heterocycles. The van der Waals surface area contributed by atoms with Gasteiger partial charge >= 0.3 is 0 Å². The number of carbonyl (C=O) groups excluding carboxylic acids is 1. The summed E-state index contributed by atoms with van der Waals surface area (Å²) >= 11 is 0. The first kappa shape index (κ1) is 12.6. The number of aryl methyl sites for hydroxylation is 3. The summed E-state index contributed by atoms with van der Waals surface area (Å²) in [4.78, 5) is 12.3. The molecule has 0 aliphatic rings. The SMILES string of the molecule is CCc1ccc(C(=O)c2occc2C)cc1CC. The number of hydrogen-bond donors (Lipinski definition) is 0. The molecule has 0 amide bonds. The Morgan fingerprint density at radius 1 is 1.11 bits per heavy atom. The van der Waals surface area contributed by atoms with Crippen molar-refractivity contribution in [2.45, 2.75) is 33.6 Å². The van der Waals surface area contributed by atoms with Crippen LogP contribution >= 0.6 is 0 Å². The zero-order chi connectivity index (χ0) is 13.1. The van der Waals surface area contributed by atoms with Gasteiger partial charge in [-0.1, -0.05) is 26.0 Å². The van der Waals surface area contributed by atoms with Crippen LogP contribution in [0.5, 0.6) is 0 Å². The summed E-state index contributed by atoms with van der Waals surface area (Å²) in [7, 11) is 0. The van der Waals surface area contributed by atoms with Crippen molar-refractivity contribution < 1.29 is 9.21 Å². The second-order valence-electron chi connectivity index (χ2n) is 4.45. The van der Waals surface area contributed by atoms with Crippen LogP contribution in [0.15, 0.2) is 34.9 Å². The quantitative estimate of drug-likeness (QED) is 0.760. The van der Waals surface area contributed by atoms with Gasteiger partial charge in [0.25, 0.3) is 0 Å². The van der Waals surface area contributed by atoms with Gasteiger partial charge in [-0.25, -0.2) is 0 Å². The minimum absolute atomic E-state index is 0.0325. The van der Waals surface area contributed by atoms with Crippen LogP contribution in [0.25, 0.3) is 0 Å². The normalized spacial score (nSPS) is 10.6. The number of carbonyl (C=O) groups is 1. The van der Waals surface area contributed by atoms with E-state index in [2.05, 4.69) is 13.8 Å². The Morgan fingerprint density at radius 3 is 2.39 bits per heavy atom. The van der Waals surface area contributed by atoms with Crippen molar-refractivity contribution >= 4 is 5.78 Å². The Labute approximate surface area is 108 Å². The summed E-state index contributed by atoms with van der Waals surface area (Å²) in [5, 5.41) is 0. The highest BCUT2D eigenvalue weighted by Gasteiger charge is 2.15. The third-order valence-electron chi connectivity index (χ3n) is 3.30. The van der Waals surface area contributed by atoms with E-state index in [4.69, 9.17) is 4.42 Å². The smallest absolute Gasteiger partial charge is 0.228 e. The molecule has 1 aromatic carbocycles. The molecule has 94 valence electrons. The lowest BCUT2D eigenvalue weighted by Gasteiger charge is -2.07. The van der Waals surface area contributed by atoms with Crippen molar-refractivity contribution in [3.8, 4) is 0 Å². The highest BCUT2D eigenvalue weighted by Crippen LogP contribution is 2.19. The van der Waals surface area contributed by atoms with E-state index in [1.807, 2.05) is 31.2 Å². The fraction of sp³-hybridized carbons (Fsp3) is 0.312. The first-order valence-corrected chi connectivity index (χ1v) is 6.38. The zero-order valence-electron chi connectivity index (χ0n) is 11.1. The molecule has 2 rings (SSSR count). The van der Waals surface area contributed by atoms with Gasteiger partial charge in [-0.05, 0) is 48.6 Å². The second kappa shape index (κ2) is 5.21. The van der Waals surface area contributed by atoms with Crippen LogP contribution in [0.2, 0.25) is 0 Å². The molecule has 0 atom stereocenters. The van der Waals surface area contributed by atoms with Gasteiger partial charge in [-0.2, -0.15) is 0 Å². The van der Waals surface area contributed by atoms with Crippen molar-refractivity contribution in [1.82, 2.24) is 0 Å². The Balaban J connectivity index is 2.40. The molecule has 2 aromatic rings. The van der Waals surface area contributed by atoms with Crippen LogP contribution in [0.3, 0.4) is 0 Å². The topological polar surface area (TPSA) is 30.2 Å². The van der Waals surface area contributed by atoms with Gasteiger partial charge in [0.2, 0.25) is 5.78 Å². The molecule has 1 aromatic heterocycles. The van der Waals surface area contributed by atoms with Gasteiger partial charge in [-0.15, -0.1) is 0 Å². The molecule has 0 N–H and O–H groups in total. The molecule has 0 spiro atoms. The molecule has 0 aliphatic heterocycles. The third kappa shape index (κ3) is 2.23. The van der Waals surface area contributed by atoms with Gasteiger partial charge < -0.3 is 4.42 Å². The first-order chi connectivity index (χ1) is 8.67. The summed E-state index contributed by atoms with van der Waals surface area (Å²) in [5.74, 6) is 0.413. The Bertz CT molecular complexity index is 564. The molecule has 18 heavy (non-hydrogen) atoms. The third-order valence-corrected chi connectivity index (χ3v) is 3.30. The summed E-state index contributed by atoms with van der Waals surface area (Å²) in [6, 6.07) is 7.74. The van der Waals surface area contributed by atoms with Crippen LogP contribution in [0.1, 0.15) is 46.7 Å². The van der Waals surface area contributed by atoms with Gasteiger partial charge in [0, 0.05) is 5.56 Å². The Hall–Kier alpha value is -1.83. The highest BCUT2D eigenvalue weighted by molar-refractivity contribution is 6.08. The fourth-order valence-electron chi connectivity index (χ4n) is 2.18. The highest BCUT2D eigenvalue weighted by atomic mass is 16.3. The lowest BCUT2D eigenvalue weighted by molar-refractivity contribution is 0.101. The molecule has 0 radical (unpaired) electrons. The standard InChI is InChI=1S/C16H18O2/c1-4-12-6-7-14(10-13(12)5-2)15(17)16-11(3)8-9-18-16/h6-10H,4-5H2,1-3H3. The van der Waals surface area contributed by atoms with Gasteiger partial charge in [0.05, 0.1) is 6.26 Å². The van der Waals surface area contributed by atoms with Crippen LogP contribution in [-0.4, -0.2) is 5.78 Å². The van der Waals surface area contributed by atoms with Gasteiger partial charge in [-0.3, -0.25) is 4.79 Å². The van der Waals surface area contributed by atoms with Crippen LogP contribution < -0.4 is 0 Å². The Morgan fingerprint density at radius 2 is 1.83 bits per heavy atom. The van der Waals surface area contributed by atoms with Crippen LogP contribution in [-0.2, 0) is 12.8 Å². The number of hydrogen-bond acceptors (Lipinski definition) is 2. The van der Waals surface area contributed by atoms with E-state index < -0.39 is 0 Å². The maximum atomic E-state index is 12.3. The van der Waals surface area contributed by atoms with Gasteiger partial charge in [0.1, 0.15) is 0 Å².